The molecule has 0 aliphatic carbocycles. The number of carbonyl (C=O) groups is 2. The third kappa shape index (κ3) is 7.33. The van der Waals surface area contributed by atoms with Crippen molar-refractivity contribution >= 4 is 23.2 Å². The van der Waals surface area contributed by atoms with Crippen molar-refractivity contribution < 1.29 is 23.5 Å². The van der Waals surface area contributed by atoms with Gasteiger partial charge in [0.25, 0.3) is 11.8 Å². The van der Waals surface area contributed by atoms with E-state index in [9.17, 15) is 14.0 Å². The number of rotatable bonds is 10. The maximum Gasteiger partial charge on any atom is 0.263 e. The predicted octanol–water partition coefficient (Wildman–Crippen LogP) is 6.48. The molecule has 1 aliphatic heterocycles. The van der Waals surface area contributed by atoms with E-state index < -0.39 is 5.91 Å². The molecule has 0 aromatic heterocycles. The van der Waals surface area contributed by atoms with Gasteiger partial charge in [-0.1, -0.05) is 48.5 Å². The van der Waals surface area contributed by atoms with Crippen molar-refractivity contribution in [1.82, 2.24) is 5.32 Å². The van der Waals surface area contributed by atoms with Gasteiger partial charge >= 0.3 is 0 Å². The van der Waals surface area contributed by atoms with E-state index in [1.807, 2.05) is 18.2 Å². The molecule has 8 heteroatoms. The summed E-state index contributed by atoms with van der Waals surface area (Å²) in [5, 5.41) is 5.87. The minimum absolute atomic E-state index is 0.243. The molecule has 7 nitrogen and oxygen atoms in total. The first-order valence-electron chi connectivity index (χ1n) is 14.4. The van der Waals surface area contributed by atoms with Gasteiger partial charge in [-0.25, -0.2) is 4.39 Å². The van der Waals surface area contributed by atoms with Crippen LogP contribution in [0.4, 0.5) is 15.8 Å². The maximum absolute atomic E-state index is 13.6. The average molecular weight is 582 g/mol. The molecule has 1 heterocycles. The summed E-state index contributed by atoms with van der Waals surface area (Å²) in [6.07, 6.45) is 3.06. The van der Waals surface area contributed by atoms with Crippen molar-refractivity contribution in [3.05, 3.63) is 119 Å². The summed E-state index contributed by atoms with van der Waals surface area (Å²) >= 11 is 0. The number of amides is 2. The number of piperidine rings is 1. The Balaban J connectivity index is 1.37. The number of carbonyl (C=O) groups excluding carboxylic acids is 2. The first-order chi connectivity index (χ1) is 20.9. The third-order valence-corrected chi connectivity index (χ3v) is 7.84. The Morgan fingerprint density at radius 1 is 0.814 bits per heavy atom. The minimum atomic E-state index is -0.415. The van der Waals surface area contributed by atoms with Crippen LogP contribution in [0.3, 0.4) is 0 Å². The van der Waals surface area contributed by atoms with Crippen molar-refractivity contribution in [2.45, 2.75) is 25.8 Å². The van der Waals surface area contributed by atoms with Crippen LogP contribution in [0, 0.1) is 11.7 Å². The van der Waals surface area contributed by atoms with Crippen LogP contribution in [0.1, 0.15) is 44.7 Å². The van der Waals surface area contributed by atoms with Gasteiger partial charge in [0, 0.05) is 31.0 Å². The van der Waals surface area contributed by atoms with Gasteiger partial charge < -0.3 is 25.0 Å². The van der Waals surface area contributed by atoms with Gasteiger partial charge in [-0.3, -0.25) is 9.59 Å². The number of methoxy groups -OCH3 is 2. The van der Waals surface area contributed by atoms with Crippen LogP contribution >= 0.6 is 0 Å². The number of halogens is 1. The highest BCUT2D eigenvalue weighted by molar-refractivity contribution is 6.09. The summed E-state index contributed by atoms with van der Waals surface area (Å²) in [6.45, 7) is 1.88. The fourth-order valence-electron chi connectivity index (χ4n) is 5.55. The van der Waals surface area contributed by atoms with Crippen molar-refractivity contribution in [3.8, 4) is 11.5 Å². The Kier molecular flexibility index (Phi) is 9.56. The molecule has 1 aliphatic rings. The Morgan fingerprint density at radius 3 is 2.14 bits per heavy atom. The molecule has 0 saturated carbocycles. The van der Waals surface area contributed by atoms with E-state index in [1.165, 1.54) is 31.9 Å². The van der Waals surface area contributed by atoms with Crippen LogP contribution in [0.5, 0.6) is 11.5 Å². The Morgan fingerprint density at radius 2 is 1.49 bits per heavy atom. The number of ether oxygens (including phenoxy) is 2. The number of nitrogens with one attached hydrogen (secondary N) is 2. The fraction of sp³-hybridized carbons (Fsp3) is 0.257. The van der Waals surface area contributed by atoms with Crippen LogP contribution in [0.2, 0.25) is 0 Å². The number of anilines is 2. The van der Waals surface area contributed by atoms with Crippen LogP contribution in [0.25, 0.3) is 0 Å². The van der Waals surface area contributed by atoms with Crippen molar-refractivity contribution in [2.75, 3.05) is 37.5 Å². The first-order valence-corrected chi connectivity index (χ1v) is 14.4. The van der Waals surface area contributed by atoms with Gasteiger partial charge in [0.05, 0.1) is 19.8 Å². The van der Waals surface area contributed by atoms with Gasteiger partial charge in [-0.15, -0.1) is 0 Å². The standard InChI is InChI=1S/C35H36FN3O4/c1-42-31-9-6-10-32(43-2)33(31)35(41)38-28-15-16-30(29(22-28)34(40)37-23-26-11-13-27(36)14-12-26)39-19-17-25(18-20-39)21-24-7-4-3-5-8-24/h3-16,22,25H,17-21,23H2,1-2H3,(H,37,40)(H,38,41). The smallest absolute Gasteiger partial charge is 0.263 e. The van der Waals surface area contributed by atoms with E-state index in [0.29, 0.717) is 28.7 Å². The molecule has 0 bridgehead atoms. The van der Waals surface area contributed by atoms with Crippen LogP contribution in [-0.2, 0) is 13.0 Å². The SMILES string of the molecule is COc1cccc(OC)c1C(=O)Nc1ccc(N2CCC(Cc3ccccc3)CC2)c(C(=O)NCc2ccc(F)cc2)c1. The second kappa shape index (κ2) is 13.9. The molecular formula is C35H36FN3O4. The van der Waals surface area contributed by atoms with Gasteiger partial charge in [0.15, 0.2) is 0 Å². The molecule has 1 fully saturated rings. The van der Waals surface area contributed by atoms with Crippen molar-refractivity contribution in [3.63, 3.8) is 0 Å². The largest absolute Gasteiger partial charge is 0.496 e. The Bertz CT molecular complexity index is 1530. The zero-order valence-electron chi connectivity index (χ0n) is 24.4. The van der Waals surface area contributed by atoms with E-state index in [-0.39, 0.29) is 23.8 Å². The molecule has 4 aromatic rings. The number of hydrogen-bond donors (Lipinski definition) is 2. The molecule has 2 amide bonds. The lowest BCUT2D eigenvalue weighted by molar-refractivity contribution is 0.0949. The summed E-state index contributed by atoms with van der Waals surface area (Å²) in [5.74, 6) is 0.304. The van der Waals surface area contributed by atoms with Crippen LogP contribution in [-0.4, -0.2) is 39.1 Å². The molecule has 5 rings (SSSR count). The summed E-state index contributed by atoms with van der Waals surface area (Å²) in [6, 6.07) is 27.1. The average Bonchev–Trinajstić information content (AvgIpc) is 3.04. The lowest BCUT2D eigenvalue weighted by Crippen LogP contribution is -2.36. The highest BCUT2D eigenvalue weighted by Crippen LogP contribution is 2.32. The fourth-order valence-corrected chi connectivity index (χ4v) is 5.55. The van der Waals surface area contributed by atoms with Crippen molar-refractivity contribution in [2.24, 2.45) is 5.92 Å². The molecule has 0 spiro atoms. The molecule has 1 saturated heterocycles. The second-order valence-electron chi connectivity index (χ2n) is 10.7. The minimum Gasteiger partial charge on any atom is -0.496 e. The summed E-state index contributed by atoms with van der Waals surface area (Å²) < 4.78 is 24.2. The van der Waals surface area contributed by atoms with Crippen molar-refractivity contribution in [1.29, 1.82) is 0 Å². The summed E-state index contributed by atoms with van der Waals surface area (Å²) in [7, 11) is 2.99. The van der Waals surface area contributed by atoms with Gasteiger partial charge in [-0.05, 0) is 78.8 Å². The number of benzene rings is 4. The Labute approximate surface area is 251 Å². The molecule has 0 radical (unpaired) electrons. The third-order valence-electron chi connectivity index (χ3n) is 7.84. The van der Waals surface area contributed by atoms with E-state index in [0.717, 1.165) is 43.6 Å². The maximum atomic E-state index is 13.6. The summed E-state index contributed by atoms with van der Waals surface area (Å²) in [4.78, 5) is 29.2. The molecule has 4 aromatic carbocycles. The van der Waals surface area contributed by atoms with E-state index in [1.54, 1.807) is 36.4 Å². The molecule has 0 unspecified atom stereocenters. The quantitative estimate of drug-likeness (QED) is 0.224. The number of hydrogen-bond acceptors (Lipinski definition) is 5. The van der Waals surface area contributed by atoms with Crippen LogP contribution < -0.4 is 25.0 Å². The lowest BCUT2D eigenvalue weighted by Gasteiger charge is -2.35. The van der Waals surface area contributed by atoms with E-state index in [2.05, 4.69) is 39.8 Å². The monoisotopic (exact) mass is 581 g/mol. The van der Waals surface area contributed by atoms with Gasteiger partial charge in [-0.2, -0.15) is 0 Å². The molecule has 222 valence electrons. The van der Waals surface area contributed by atoms with E-state index in [4.69, 9.17) is 9.47 Å². The molecule has 2 N–H and O–H groups in total. The molecule has 0 atom stereocenters. The second-order valence-corrected chi connectivity index (χ2v) is 10.7. The molecular weight excluding hydrogens is 545 g/mol. The summed E-state index contributed by atoms with van der Waals surface area (Å²) in [5.41, 5.74) is 4.11. The van der Waals surface area contributed by atoms with Gasteiger partial charge in [0.1, 0.15) is 22.9 Å². The molecule has 43 heavy (non-hydrogen) atoms. The topological polar surface area (TPSA) is 79.9 Å². The highest BCUT2D eigenvalue weighted by atomic mass is 19.1. The predicted molar refractivity (Wildman–Crippen MR) is 167 cm³/mol. The first kappa shape index (κ1) is 29.6. The normalized spacial score (nSPS) is 13.3. The van der Waals surface area contributed by atoms with Crippen LogP contribution in [0.15, 0.2) is 91.0 Å². The zero-order chi connectivity index (χ0) is 30.2. The highest BCUT2D eigenvalue weighted by Gasteiger charge is 2.25. The number of nitrogens with zero attached hydrogens (tertiary/aromatic N) is 1. The Hall–Kier alpha value is -4.85. The van der Waals surface area contributed by atoms with E-state index >= 15 is 0 Å². The lowest BCUT2D eigenvalue weighted by atomic mass is 9.89. The zero-order valence-corrected chi connectivity index (χ0v) is 24.4. The van der Waals surface area contributed by atoms with Gasteiger partial charge in [0.2, 0.25) is 0 Å².